The van der Waals surface area contributed by atoms with Gasteiger partial charge in [-0.3, -0.25) is 0 Å². The summed E-state index contributed by atoms with van der Waals surface area (Å²) in [5.74, 6) is 1.11. The van der Waals surface area contributed by atoms with Crippen molar-refractivity contribution < 1.29 is 4.74 Å². The summed E-state index contributed by atoms with van der Waals surface area (Å²) in [5, 5.41) is 1.37. The largest absolute Gasteiger partial charge is 0.479 e. The van der Waals surface area contributed by atoms with E-state index in [9.17, 15) is 0 Å². The van der Waals surface area contributed by atoms with Crippen LogP contribution in [0, 0.1) is 0 Å². The summed E-state index contributed by atoms with van der Waals surface area (Å²) >= 11 is 0. The average molecular weight is 258 g/mol. The van der Waals surface area contributed by atoms with Crippen LogP contribution >= 0.6 is 0 Å². The van der Waals surface area contributed by atoms with Crippen LogP contribution in [0.25, 0.3) is 10.9 Å². The van der Waals surface area contributed by atoms with E-state index in [2.05, 4.69) is 47.8 Å². The lowest BCUT2D eigenvalue weighted by atomic mass is 10.1. The van der Waals surface area contributed by atoms with Crippen LogP contribution in [0.5, 0.6) is 5.88 Å². The lowest BCUT2D eigenvalue weighted by Gasteiger charge is -2.14. The van der Waals surface area contributed by atoms with Crippen LogP contribution in [0.2, 0.25) is 0 Å². The van der Waals surface area contributed by atoms with Gasteiger partial charge in [0.25, 0.3) is 0 Å². The number of nitrogens with zero attached hydrogens (tertiary/aromatic N) is 2. The predicted octanol–water partition coefficient (Wildman–Crippen LogP) is 2.92. The molecular formula is C16H22N2O. The summed E-state index contributed by atoms with van der Waals surface area (Å²) in [7, 11) is 4.23. The molecule has 0 spiro atoms. The zero-order valence-corrected chi connectivity index (χ0v) is 11.9. The van der Waals surface area contributed by atoms with Gasteiger partial charge in [0.1, 0.15) is 0 Å². The van der Waals surface area contributed by atoms with Gasteiger partial charge >= 0.3 is 0 Å². The van der Waals surface area contributed by atoms with Gasteiger partial charge in [-0.1, -0.05) is 18.2 Å². The Morgan fingerprint density at radius 3 is 2.89 bits per heavy atom. The van der Waals surface area contributed by atoms with Crippen molar-refractivity contribution in [3.63, 3.8) is 0 Å². The highest BCUT2D eigenvalue weighted by Crippen LogP contribution is 2.35. The van der Waals surface area contributed by atoms with E-state index < -0.39 is 0 Å². The van der Waals surface area contributed by atoms with E-state index in [0.717, 1.165) is 38.4 Å². The molecule has 0 radical (unpaired) electrons. The average Bonchev–Trinajstić information content (AvgIpc) is 2.56. The molecule has 3 rings (SSSR count). The Hall–Kier alpha value is -1.48. The fraction of sp³-hybridized carbons (Fsp3) is 0.500. The second-order valence-corrected chi connectivity index (χ2v) is 5.56. The topological polar surface area (TPSA) is 17.4 Å². The minimum atomic E-state index is 0.852. The van der Waals surface area contributed by atoms with Gasteiger partial charge in [-0.05, 0) is 39.4 Å². The van der Waals surface area contributed by atoms with Gasteiger partial charge < -0.3 is 14.2 Å². The van der Waals surface area contributed by atoms with Crippen molar-refractivity contribution >= 4 is 10.9 Å². The summed E-state index contributed by atoms with van der Waals surface area (Å²) in [6, 6.07) is 8.69. The Labute approximate surface area is 114 Å². The molecule has 2 aromatic rings. The quantitative estimate of drug-likeness (QED) is 0.842. The van der Waals surface area contributed by atoms with Crippen molar-refractivity contribution in [1.82, 2.24) is 9.47 Å². The van der Waals surface area contributed by atoms with E-state index in [1.165, 1.54) is 22.9 Å². The maximum atomic E-state index is 6.04. The zero-order chi connectivity index (χ0) is 13.2. The van der Waals surface area contributed by atoms with Crippen LogP contribution in [0.3, 0.4) is 0 Å². The van der Waals surface area contributed by atoms with Gasteiger partial charge in [0.2, 0.25) is 0 Å². The molecule has 1 aliphatic rings. The molecule has 2 heterocycles. The first-order valence-corrected chi connectivity index (χ1v) is 7.15. The number of benzene rings is 1. The van der Waals surface area contributed by atoms with Crippen molar-refractivity contribution in [3.8, 4) is 5.88 Å². The van der Waals surface area contributed by atoms with E-state index in [-0.39, 0.29) is 0 Å². The molecule has 0 amide bonds. The minimum absolute atomic E-state index is 0.852. The van der Waals surface area contributed by atoms with E-state index in [0.29, 0.717) is 0 Å². The summed E-state index contributed by atoms with van der Waals surface area (Å²) < 4.78 is 8.40. The molecule has 3 nitrogen and oxygen atoms in total. The number of para-hydroxylation sites is 1. The molecule has 102 valence electrons. The van der Waals surface area contributed by atoms with Crippen LogP contribution in [-0.4, -0.2) is 36.7 Å². The first kappa shape index (κ1) is 12.5. The molecule has 19 heavy (non-hydrogen) atoms. The second-order valence-electron chi connectivity index (χ2n) is 5.56. The Morgan fingerprint density at radius 2 is 2.05 bits per heavy atom. The number of hydrogen-bond acceptors (Lipinski definition) is 2. The van der Waals surface area contributed by atoms with Crippen LogP contribution < -0.4 is 4.74 Å². The zero-order valence-electron chi connectivity index (χ0n) is 11.9. The Balaban J connectivity index is 2.09. The second kappa shape index (κ2) is 5.25. The maximum absolute atomic E-state index is 6.04. The van der Waals surface area contributed by atoms with Gasteiger partial charge in [-0.2, -0.15) is 0 Å². The van der Waals surface area contributed by atoms with Crippen LogP contribution in [0.4, 0.5) is 0 Å². The molecule has 0 aliphatic carbocycles. The van der Waals surface area contributed by atoms with Crippen molar-refractivity contribution in [2.75, 3.05) is 27.2 Å². The molecule has 0 N–H and O–H groups in total. The fourth-order valence-electron chi connectivity index (χ4n) is 2.85. The first-order chi connectivity index (χ1) is 9.27. The van der Waals surface area contributed by atoms with Crippen molar-refractivity contribution in [2.24, 2.45) is 0 Å². The van der Waals surface area contributed by atoms with Crippen LogP contribution in [0.15, 0.2) is 24.3 Å². The number of fused-ring (bicyclic) bond motifs is 3. The summed E-state index contributed by atoms with van der Waals surface area (Å²) in [6.45, 7) is 2.88. The molecule has 0 unspecified atom stereocenters. The van der Waals surface area contributed by atoms with Gasteiger partial charge in [0.05, 0.1) is 12.1 Å². The Bertz CT molecular complexity index is 571. The SMILES string of the molecule is CN(C)CCn1c2c(c3ccccc31)CCCCO2. The highest BCUT2D eigenvalue weighted by Gasteiger charge is 2.19. The number of aryl methyl sites for hydroxylation is 1. The summed E-state index contributed by atoms with van der Waals surface area (Å²) in [5.41, 5.74) is 2.73. The summed E-state index contributed by atoms with van der Waals surface area (Å²) in [4.78, 5) is 2.22. The van der Waals surface area contributed by atoms with Crippen molar-refractivity contribution in [1.29, 1.82) is 0 Å². The fourth-order valence-corrected chi connectivity index (χ4v) is 2.85. The molecule has 0 atom stereocenters. The van der Waals surface area contributed by atoms with Crippen LogP contribution in [0.1, 0.15) is 18.4 Å². The van der Waals surface area contributed by atoms with Gasteiger partial charge in [-0.15, -0.1) is 0 Å². The third kappa shape index (κ3) is 2.35. The molecule has 0 fully saturated rings. The van der Waals surface area contributed by atoms with Crippen molar-refractivity contribution in [2.45, 2.75) is 25.8 Å². The lowest BCUT2D eigenvalue weighted by molar-refractivity contribution is 0.284. The molecule has 0 saturated heterocycles. The van der Waals surface area contributed by atoms with Gasteiger partial charge in [0, 0.05) is 24.0 Å². The maximum Gasteiger partial charge on any atom is 0.197 e. The number of likely N-dealkylation sites (N-methyl/N-ethyl adjacent to an activating group) is 1. The normalized spacial score (nSPS) is 15.3. The predicted molar refractivity (Wildman–Crippen MR) is 78.9 cm³/mol. The summed E-state index contributed by atoms with van der Waals surface area (Å²) in [6.07, 6.45) is 3.54. The number of aromatic nitrogens is 1. The molecule has 0 saturated carbocycles. The Kier molecular flexibility index (Phi) is 3.47. The van der Waals surface area contributed by atoms with Crippen LogP contribution in [-0.2, 0) is 13.0 Å². The highest BCUT2D eigenvalue weighted by molar-refractivity contribution is 5.87. The van der Waals surface area contributed by atoms with Gasteiger partial charge in [0.15, 0.2) is 5.88 Å². The lowest BCUT2D eigenvalue weighted by Crippen LogP contribution is -2.19. The number of hydrogen-bond donors (Lipinski definition) is 0. The third-order valence-corrected chi connectivity index (χ3v) is 3.85. The Morgan fingerprint density at radius 1 is 1.21 bits per heavy atom. The standard InChI is InChI=1S/C16H22N2O/c1-17(2)10-11-18-15-9-4-3-7-13(15)14-8-5-6-12-19-16(14)18/h3-4,7,9H,5-6,8,10-12H2,1-2H3. The molecule has 1 aromatic carbocycles. The smallest absolute Gasteiger partial charge is 0.197 e. The van der Waals surface area contributed by atoms with E-state index >= 15 is 0 Å². The first-order valence-electron chi connectivity index (χ1n) is 7.15. The number of ether oxygens (including phenoxy) is 1. The molecule has 1 aliphatic heterocycles. The third-order valence-electron chi connectivity index (χ3n) is 3.85. The van der Waals surface area contributed by atoms with E-state index in [4.69, 9.17) is 4.74 Å². The molecule has 3 heteroatoms. The molecular weight excluding hydrogens is 236 g/mol. The minimum Gasteiger partial charge on any atom is -0.479 e. The number of rotatable bonds is 3. The van der Waals surface area contributed by atoms with Crippen molar-refractivity contribution in [3.05, 3.63) is 29.8 Å². The van der Waals surface area contributed by atoms with E-state index in [1.54, 1.807) is 0 Å². The monoisotopic (exact) mass is 258 g/mol. The molecule has 1 aromatic heterocycles. The highest BCUT2D eigenvalue weighted by atomic mass is 16.5. The van der Waals surface area contributed by atoms with Gasteiger partial charge in [-0.25, -0.2) is 0 Å². The van der Waals surface area contributed by atoms with E-state index in [1.807, 2.05) is 0 Å². The molecule has 0 bridgehead atoms.